The quantitative estimate of drug-likeness (QED) is 0.871. The average molecular weight is 264 g/mol. The maximum absolute atomic E-state index is 9.68. The summed E-state index contributed by atoms with van der Waals surface area (Å²) in [5.74, 6) is 2.48. The molecular formula is C14H24N4O. The van der Waals surface area contributed by atoms with Gasteiger partial charge < -0.3 is 10.0 Å². The van der Waals surface area contributed by atoms with E-state index in [9.17, 15) is 5.11 Å². The van der Waals surface area contributed by atoms with E-state index < -0.39 is 0 Å². The van der Waals surface area contributed by atoms with Gasteiger partial charge in [0.05, 0.1) is 6.10 Å². The van der Waals surface area contributed by atoms with Crippen molar-refractivity contribution in [2.75, 3.05) is 13.1 Å². The monoisotopic (exact) mass is 264 g/mol. The summed E-state index contributed by atoms with van der Waals surface area (Å²) in [4.78, 5) is 7.19. The lowest BCUT2D eigenvalue weighted by molar-refractivity contribution is 0.138. The maximum atomic E-state index is 9.68. The number of aromatic nitrogens is 3. The second kappa shape index (κ2) is 5.21. The van der Waals surface area contributed by atoms with Gasteiger partial charge in [0.15, 0.2) is 5.82 Å². The van der Waals surface area contributed by atoms with Gasteiger partial charge in [-0.15, -0.1) is 0 Å². The number of piperidine rings is 1. The fraction of sp³-hybridized carbons (Fsp3) is 0.857. The molecule has 0 aliphatic carbocycles. The molecule has 1 atom stereocenters. The molecule has 5 nitrogen and oxygen atoms in total. The van der Waals surface area contributed by atoms with E-state index in [4.69, 9.17) is 0 Å². The van der Waals surface area contributed by atoms with Gasteiger partial charge in [-0.25, -0.2) is 9.67 Å². The van der Waals surface area contributed by atoms with Gasteiger partial charge in [0.1, 0.15) is 5.82 Å². The molecule has 3 rings (SSSR count). The van der Waals surface area contributed by atoms with Gasteiger partial charge in [-0.2, -0.15) is 5.10 Å². The number of aryl methyl sites for hydroxylation is 1. The van der Waals surface area contributed by atoms with Crippen LogP contribution in [0.4, 0.5) is 0 Å². The first kappa shape index (κ1) is 13.1. The summed E-state index contributed by atoms with van der Waals surface area (Å²) in [6.07, 6.45) is 3.56. The minimum Gasteiger partial charge on any atom is -0.393 e. The Hall–Kier alpha value is -0.940. The minimum atomic E-state index is -0.229. The van der Waals surface area contributed by atoms with E-state index in [0.717, 1.165) is 50.5 Å². The van der Waals surface area contributed by atoms with Crippen molar-refractivity contribution in [1.29, 1.82) is 0 Å². The van der Waals surface area contributed by atoms with Crippen molar-refractivity contribution >= 4 is 0 Å². The fourth-order valence-corrected chi connectivity index (χ4v) is 3.15. The van der Waals surface area contributed by atoms with Crippen LogP contribution in [0.5, 0.6) is 0 Å². The lowest BCUT2D eigenvalue weighted by Crippen LogP contribution is -2.38. The number of hydrogen-bond acceptors (Lipinski definition) is 4. The second-order valence-electron chi connectivity index (χ2n) is 6.16. The summed E-state index contributed by atoms with van der Waals surface area (Å²) >= 11 is 0. The van der Waals surface area contributed by atoms with Crippen LogP contribution < -0.4 is 0 Å². The molecule has 0 aromatic carbocycles. The molecule has 3 heterocycles. The zero-order valence-corrected chi connectivity index (χ0v) is 11.9. The van der Waals surface area contributed by atoms with Crippen LogP contribution in [0.15, 0.2) is 0 Å². The SMILES string of the molecule is CC(C)N1CCC(c2nc3n(n2)CCC(O)C3)CC1. The molecule has 2 aliphatic rings. The highest BCUT2D eigenvalue weighted by Crippen LogP contribution is 2.27. The molecular weight excluding hydrogens is 240 g/mol. The van der Waals surface area contributed by atoms with Crippen molar-refractivity contribution < 1.29 is 5.11 Å². The molecule has 2 aliphatic heterocycles. The summed E-state index contributed by atoms with van der Waals surface area (Å²) in [6, 6.07) is 0.638. The molecule has 1 unspecified atom stereocenters. The zero-order chi connectivity index (χ0) is 13.4. The van der Waals surface area contributed by atoms with E-state index in [1.54, 1.807) is 0 Å². The zero-order valence-electron chi connectivity index (χ0n) is 11.9. The molecule has 1 aromatic heterocycles. The number of hydrogen-bond donors (Lipinski definition) is 1. The third-order valence-corrected chi connectivity index (χ3v) is 4.48. The van der Waals surface area contributed by atoms with Gasteiger partial charge in [-0.05, 0) is 46.2 Å². The Morgan fingerprint density at radius 3 is 2.58 bits per heavy atom. The predicted molar refractivity (Wildman–Crippen MR) is 73.0 cm³/mol. The van der Waals surface area contributed by atoms with Gasteiger partial charge in [-0.3, -0.25) is 0 Å². The highest BCUT2D eigenvalue weighted by atomic mass is 16.3. The van der Waals surface area contributed by atoms with Crippen molar-refractivity contribution in [2.24, 2.45) is 0 Å². The van der Waals surface area contributed by atoms with Gasteiger partial charge in [-0.1, -0.05) is 0 Å². The van der Waals surface area contributed by atoms with Crippen LogP contribution >= 0.6 is 0 Å². The van der Waals surface area contributed by atoms with Crippen LogP contribution in [0.25, 0.3) is 0 Å². The van der Waals surface area contributed by atoms with E-state index in [1.807, 2.05) is 4.68 Å². The Kier molecular flexibility index (Phi) is 3.58. The van der Waals surface area contributed by atoms with E-state index in [-0.39, 0.29) is 6.10 Å². The van der Waals surface area contributed by atoms with Crippen molar-refractivity contribution in [3.63, 3.8) is 0 Å². The van der Waals surface area contributed by atoms with Gasteiger partial charge in [0.2, 0.25) is 0 Å². The third kappa shape index (κ3) is 2.67. The molecule has 106 valence electrons. The smallest absolute Gasteiger partial charge is 0.154 e. The molecule has 0 bridgehead atoms. The summed E-state index contributed by atoms with van der Waals surface area (Å²) in [5, 5.41) is 14.3. The Balaban J connectivity index is 1.67. The molecule has 5 heteroatoms. The molecule has 0 radical (unpaired) electrons. The molecule has 1 N–H and O–H groups in total. The summed E-state index contributed by atoms with van der Waals surface area (Å²) in [5.41, 5.74) is 0. The van der Waals surface area contributed by atoms with E-state index in [0.29, 0.717) is 18.4 Å². The minimum absolute atomic E-state index is 0.229. The highest BCUT2D eigenvalue weighted by Gasteiger charge is 2.27. The van der Waals surface area contributed by atoms with Crippen LogP contribution in [-0.4, -0.2) is 50.0 Å². The van der Waals surface area contributed by atoms with Crippen molar-refractivity contribution in [3.8, 4) is 0 Å². The van der Waals surface area contributed by atoms with Gasteiger partial charge >= 0.3 is 0 Å². The summed E-state index contributed by atoms with van der Waals surface area (Å²) in [6.45, 7) is 7.63. The molecule has 1 aromatic rings. The van der Waals surface area contributed by atoms with Crippen LogP contribution in [0, 0.1) is 0 Å². The molecule has 1 fully saturated rings. The van der Waals surface area contributed by atoms with E-state index in [2.05, 4.69) is 28.8 Å². The standard InChI is InChI=1S/C14H24N4O/c1-10(2)17-6-3-11(4-7-17)14-15-13-9-12(19)5-8-18(13)16-14/h10-12,19H,3-9H2,1-2H3. The van der Waals surface area contributed by atoms with Crippen LogP contribution in [-0.2, 0) is 13.0 Å². The fourth-order valence-electron chi connectivity index (χ4n) is 3.15. The second-order valence-corrected chi connectivity index (χ2v) is 6.16. The van der Waals surface area contributed by atoms with Crippen LogP contribution in [0.1, 0.15) is 50.7 Å². The number of rotatable bonds is 2. The molecule has 0 amide bonds. The average Bonchev–Trinajstić information content (AvgIpc) is 2.81. The number of nitrogens with zero attached hydrogens (tertiary/aromatic N) is 4. The van der Waals surface area contributed by atoms with Gasteiger partial charge in [0.25, 0.3) is 0 Å². The number of aliphatic hydroxyl groups excluding tert-OH is 1. The number of fused-ring (bicyclic) bond motifs is 1. The predicted octanol–water partition coefficient (Wildman–Crippen LogP) is 1.17. The first-order valence-electron chi connectivity index (χ1n) is 7.49. The van der Waals surface area contributed by atoms with Crippen molar-refractivity contribution in [3.05, 3.63) is 11.6 Å². The maximum Gasteiger partial charge on any atom is 0.154 e. The van der Waals surface area contributed by atoms with Crippen molar-refractivity contribution in [1.82, 2.24) is 19.7 Å². The topological polar surface area (TPSA) is 54.2 Å². The van der Waals surface area contributed by atoms with Crippen molar-refractivity contribution in [2.45, 2.75) is 64.1 Å². The lowest BCUT2D eigenvalue weighted by Gasteiger charge is -2.33. The first-order valence-corrected chi connectivity index (χ1v) is 7.49. The van der Waals surface area contributed by atoms with Crippen LogP contribution in [0.2, 0.25) is 0 Å². The Morgan fingerprint density at radius 2 is 1.89 bits per heavy atom. The molecule has 19 heavy (non-hydrogen) atoms. The number of aliphatic hydroxyl groups is 1. The molecule has 1 saturated heterocycles. The largest absolute Gasteiger partial charge is 0.393 e. The van der Waals surface area contributed by atoms with Gasteiger partial charge in [0, 0.05) is 24.9 Å². The first-order chi connectivity index (χ1) is 9.13. The van der Waals surface area contributed by atoms with Crippen LogP contribution in [0.3, 0.4) is 0 Å². The Labute approximate surface area is 114 Å². The highest BCUT2D eigenvalue weighted by molar-refractivity contribution is 5.04. The molecule has 0 saturated carbocycles. The summed E-state index contributed by atoms with van der Waals surface area (Å²) < 4.78 is 2.00. The van der Waals surface area contributed by atoms with E-state index >= 15 is 0 Å². The van der Waals surface area contributed by atoms with E-state index in [1.165, 1.54) is 0 Å². The lowest BCUT2D eigenvalue weighted by atomic mass is 9.95. The summed E-state index contributed by atoms with van der Waals surface area (Å²) in [7, 11) is 0. The third-order valence-electron chi connectivity index (χ3n) is 4.48. The number of likely N-dealkylation sites (tertiary alicyclic amines) is 1. The molecule has 0 spiro atoms. The normalized spacial score (nSPS) is 25.8. The Bertz CT molecular complexity index is 435. The Morgan fingerprint density at radius 1 is 1.16 bits per heavy atom.